The summed E-state index contributed by atoms with van der Waals surface area (Å²) in [7, 11) is 0. The average molecular weight is 447 g/mol. The average Bonchev–Trinajstić information content (AvgIpc) is 3.65. The molecule has 0 bridgehead atoms. The normalized spacial score (nSPS) is 17.8. The summed E-state index contributed by atoms with van der Waals surface area (Å²) in [6, 6.07) is 3.36. The SMILES string of the molecule is O=C(O)C1(CCCCCCc2cc(CCCCCCC3(C(=O)O)CC3)c(O)cc2O)CC1. The molecule has 1 aromatic rings. The van der Waals surface area contributed by atoms with Gasteiger partial charge in [0.05, 0.1) is 10.8 Å². The molecule has 0 atom stereocenters. The maximum atomic E-state index is 11.2. The number of rotatable bonds is 16. The molecule has 0 spiro atoms. The topological polar surface area (TPSA) is 115 Å². The number of carboxylic acid groups (broad SMARTS) is 2. The van der Waals surface area contributed by atoms with Crippen molar-refractivity contribution in [2.24, 2.45) is 10.8 Å². The Morgan fingerprint density at radius 1 is 0.625 bits per heavy atom. The van der Waals surface area contributed by atoms with Crippen LogP contribution in [0.1, 0.15) is 101 Å². The zero-order chi connectivity index (χ0) is 23.2. The highest BCUT2D eigenvalue weighted by atomic mass is 16.4. The van der Waals surface area contributed by atoms with Crippen molar-refractivity contribution < 1.29 is 30.0 Å². The van der Waals surface area contributed by atoms with Gasteiger partial charge >= 0.3 is 11.9 Å². The molecule has 1 aromatic carbocycles. The Balaban J connectivity index is 1.32. The third-order valence-electron chi connectivity index (χ3n) is 7.60. The minimum absolute atomic E-state index is 0.137. The van der Waals surface area contributed by atoms with Gasteiger partial charge in [-0.1, -0.05) is 38.5 Å². The van der Waals surface area contributed by atoms with E-state index in [0.717, 1.165) is 114 Å². The van der Waals surface area contributed by atoms with Crippen molar-refractivity contribution >= 4 is 11.9 Å². The Hall–Kier alpha value is -2.24. The second-order valence-corrected chi connectivity index (χ2v) is 10.1. The lowest BCUT2D eigenvalue weighted by atomic mass is 9.95. The Morgan fingerprint density at radius 3 is 1.34 bits per heavy atom. The molecule has 2 saturated carbocycles. The minimum atomic E-state index is -0.647. The second kappa shape index (κ2) is 10.6. The minimum Gasteiger partial charge on any atom is -0.508 e. The van der Waals surface area contributed by atoms with Crippen LogP contribution >= 0.6 is 0 Å². The van der Waals surface area contributed by atoms with E-state index < -0.39 is 22.8 Å². The predicted octanol–water partition coefficient (Wildman–Crippen LogP) is 5.81. The first kappa shape index (κ1) is 24.4. The first-order valence-corrected chi connectivity index (χ1v) is 12.3. The fourth-order valence-corrected chi connectivity index (χ4v) is 4.78. The third-order valence-corrected chi connectivity index (χ3v) is 7.60. The van der Waals surface area contributed by atoms with Gasteiger partial charge < -0.3 is 20.4 Å². The van der Waals surface area contributed by atoms with E-state index in [1.54, 1.807) is 0 Å². The van der Waals surface area contributed by atoms with Gasteiger partial charge in [0.2, 0.25) is 0 Å². The first-order chi connectivity index (χ1) is 15.3. The van der Waals surface area contributed by atoms with Crippen LogP contribution in [0, 0.1) is 10.8 Å². The zero-order valence-corrected chi connectivity index (χ0v) is 19.1. The molecule has 0 heterocycles. The standard InChI is InChI=1S/C26H38O6/c27-21-18-22(28)20(10-6-2-4-8-12-26(15-16-26)24(31)32)17-19(21)9-5-1-3-7-11-25(13-14-25)23(29)30/h17-18,27-28H,1-16H2,(H,29,30)(H,31,32). The fourth-order valence-electron chi connectivity index (χ4n) is 4.78. The van der Waals surface area contributed by atoms with E-state index >= 15 is 0 Å². The lowest BCUT2D eigenvalue weighted by molar-refractivity contribution is -0.144. The van der Waals surface area contributed by atoms with E-state index in [1.165, 1.54) is 6.07 Å². The smallest absolute Gasteiger partial charge is 0.309 e. The van der Waals surface area contributed by atoms with Crippen LogP contribution in [0.25, 0.3) is 0 Å². The van der Waals surface area contributed by atoms with Gasteiger partial charge in [0.25, 0.3) is 0 Å². The van der Waals surface area contributed by atoms with Gasteiger partial charge in [0.15, 0.2) is 0 Å². The van der Waals surface area contributed by atoms with Gasteiger partial charge in [-0.15, -0.1) is 0 Å². The molecule has 3 rings (SSSR count). The van der Waals surface area contributed by atoms with Gasteiger partial charge in [0, 0.05) is 6.07 Å². The van der Waals surface area contributed by atoms with Crippen LogP contribution < -0.4 is 0 Å². The van der Waals surface area contributed by atoms with Crippen molar-refractivity contribution in [1.82, 2.24) is 0 Å². The van der Waals surface area contributed by atoms with E-state index in [4.69, 9.17) is 0 Å². The number of carbonyl (C=O) groups is 2. The van der Waals surface area contributed by atoms with Gasteiger partial charge in [-0.25, -0.2) is 0 Å². The molecule has 0 saturated heterocycles. The van der Waals surface area contributed by atoms with Crippen molar-refractivity contribution in [2.45, 2.75) is 103 Å². The highest BCUT2D eigenvalue weighted by Gasteiger charge is 2.49. The Labute approximate surface area is 190 Å². The maximum absolute atomic E-state index is 11.2. The summed E-state index contributed by atoms with van der Waals surface area (Å²) in [6.45, 7) is 0. The first-order valence-electron chi connectivity index (χ1n) is 12.3. The number of phenolic OH excluding ortho intramolecular Hbond substituents is 2. The summed E-state index contributed by atoms with van der Waals surface area (Å²) < 4.78 is 0. The number of carboxylic acids is 2. The molecule has 2 fully saturated rings. The lowest BCUT2D eigenvalue weighted by Gasteiger charge is -2.12. The summed E-state index contributed by atoms with van der Waals surface area (Å²) in [5.41, 5.74) is 0.859. The molecular weight excluding hydrogens is 408 g/mol. The number of hydrogen-bond donors (Lipinski definition) is 4. The number of hydrogen-bond acceptors (Lipinski definition) is 4. The summed E-state index contributed by atoms with van der Waals surface area (Å²) in [4.78, 5) is 22.4. The number of unbranched alkanes of at least 4 members (excludes halogenated alkanes) is 6. The van der Waals surface area contributed by atoms with E-state index in [-0.39, 0.29) is 11.5 Å². The van der Waals surface area contributed by atoms with E-state index in [1.807, 2.05) is 6.07 Å². The molecule has 2 aliphatic rings. The molecule has 0 aromatic heterocycles. The summed E-state index contributed by atoms with van der Waals surface area (Å²) in [6.07, 6.45) is 14.1. The van der Waals surface area contributed by atoms with E-state index in [0.29, 0.717) is 0 Å². The molecule has 6 nitrogen and oxygen atoms in total. The van der Waals surface area contributed by atoms with Gasteiger partial charge in [-0.05, 0) is 81.4 Å². The van der Waals surface area contributed by atoms with Crippen LogP contribution in [-0.4, -0.2) is 32.4 Å². The molecule has 0 unspecified atom stereocenters. The third kappa shape index (κ3) is 6.39. The second-order valence-electron chi connectivity index (χ2n) is 10.1. The van der Waals surface area contributed by atoms with Crippen molar-refractivity contribution in [3.05, 3.63) is 23.3 Å². The molecular formula is C26H38O6. The number of benzene rings is 1. The molecule has 2 aliphatic carbocycles. The van der Waals surface area contributed by atoms with Crippen molar-refractivity contribution in [1.29, 1.82) is 0 Å². The summed E-state index contributed by atoms with van der Waals surface area (Å²) in [5, 5.41) is 38.8. The van der Waals surface area contributed by atoms with Crippen LogP contribution in [0.4, 0.5) is 0 Å². The largest absolute Gasteiger partial charge is 0.508 e. The van der Waals surface area contributed by atoms with Gasteiger partial charge in [-0.2, -0.15) is 0 Å². The monoisotopic (exact) mass is 446 g/mol. The number of aryl methyl sites for hydroxylation is 2. The summed E-state index contributed by atoms with van der Waals surface area (Å²) >= 11 is 0. The summed E-state index contributed by atoms with van der Waals surface area (Å²) in [5.74, 6) is -1.02. The van der Waals surface area contributed by atoms with Crippen molar-refractivity contribution in [2.75, 3.05) is 0 Å². The molecule has 178 valence electrons. The van der Waals surface area contributed by atoms with Crippen LogP contribution in [0.15, 0.2) is 12.1 Å². The van der Waals surface area contributed by atoms with Crippen molar-refractivity contribution in [3.63, 3.8) is 0 Å². The number of phenols is 2. The highest BCUT2D eigenvalue weighted by Crippen LogP contribution is 2.50. The number of aromatic hydroxyl groups is 2. The van der Waals surface area contributed by atoms with E-state index in [2.05, 4.69) is 0 Å². The van der Waals surface area contributed by atoms with Crippen LogP contribution in [-0.2, 0) is 22.4 Å². The molecule has 4 N–H and O–H groups in total. The highest BCUT2D eigenvalue weighted by molar-refractivity contribution is 5.78. The lowest BCUT2D eigenvalue weighted by Crippen LogP contribution is -2.14. The maximum Gasteiger partial charge on any atom is 0.309 e. The van der Waals surface area contributed by atoms with E-state index in [9.17, 15) is 30.0 Å². The Kier molecular flexibility index (Phi) is 8.07. The van der Waals surface area contributed by atoms with Crippen LogP contribution in [0.2, 0.25) is 0 Å². The Morgan fingerprint density at radius 2 is 1.00 bits per heavy atom. The molecule has 0 aliphatic heterocycles. The van der Waals surface area contributed by atoms with Crippen LogP contribution in [0.5, 0.6) is 11.5 Å². The quantitative estimate of drug-likeness (QED) is 0.238. The van der Waals surface area contributed by atoms with Gasteiger partial charge in [-0.3, -0.25) is 9.59 Å². The predicted molar refractivity (Wildman–Crippen MR) is 122 cm³/mol. The Bertz CT molecular complexity index is 744. The van der Waals surface area contributed by atoms with Gasteiger partial charge in [0.1, 0.15) is 11.5 Å². The van der Waals surface area contributed by atoms with Crippen LogP contribution in [0.3, 0.4) is 0 Å². The number of aliphatic carboxylic acids is 2. The van der Waals surface area contributed by atoms with Crippen molar-refractivity contribution in [3.8, 4) is 11.5 Å². The zero-order valence-electron chi connectivity index (χ0n) is 19.1. The molecule has 32 heavy (non-hydrogen) atoms. The molecule has 0 radical (unpaired) electrons. The fraction of sp³-hybridized carbons (Fsp3) is 0.692. The molecule has 0 amide bonds. The molecule has 6 heteroatoms.